The van der Waals surface area contributed by atoms with Crippen LogP contribution in [-0.4, -0.2) is 37.0 Å². The topological polar surface area (TPSA) is 176 Å². The van der Waals surface area contributed by atoms with Gasteiger partial charge in [-0.3, -0.25) is 10.1 Å². The van der Waals surface area contributed by atoms with E-state index in [9.17, 15) is 19.7 Å². The molecule has 1 unspecified atom stereocenters. The number of non-ortho nitro benzene ring substituents is 1. The standard InChI is InChI=1S/C29H40N4O8/c1-21-26(40-28(34)38-18-11-9-7-5-3-4-6-8-10-16-30)25(23-14-12-15-24(20-23)33(36)37)27(22(2)32-21)41-29(35)39-19-13-17-31/h12,14-15,20,25,32H,3-11,13,16,18-19,30H2,1-2H3. The first-order chi connectivity index (χ1) is 19.8. The summed E-state index contributed by atoms with van der Waals surface area (Å²) in [5.41, 5.74) is 6.52. The van der Waals surface area contributed by atoms with Crippen LogP contribution in [0.1, 0.15) is 89.5 Å². The average molecular weight is 573 g/mol. The molecule has 2 rings (SSSR count). The Bertz CT molecular complexity index is 1140. The van der Waals surface area contributed by atoms with Crippen molar-refractivity contribution in [2.24, 2.45) is 5.73 Å². The molecule has 1 aromatic carbocycles. The molecule has 0 bridgehead atoms. The molecule has 224 valence electrons. The van der Waals surface area contributed by atoms with Crippen LogP contribution in [0.4, 0.5) is 15.3 Å². The number of benzene rings is 1. The minimum atomic E-state index is -1.07. The minimum Gasteiger partial charge on any atom is -0.434 e. The summed E-state index contributed by atoms with van der Waals surface area (Å²) in [6.45, 7) is 4.06. The lowest BCUT2D eigenvalue weighted by atomic mass is 9.90. The molecule has 1 aliphatic heterocycles. The Morgan fingerprint density at radius 3 is 2.00 bits per heavy atom. The second kappa shape index (κ2) is 18.3. The molecule has 3 N–H and O–H groups in total. The van der Waals surface area contributed by atoms with Gasteiger partial charge in [0.15, 0.2) is 0 Å². The fraction of sp³-hybridized carbons (Fsp3) is 0.552. The maximum atomic E-state index is 12.7. The van der Waals surface area contributed by atoms with E-state index >= 15 is 0 Å². The number of nitrogens with one attached hydrogen (secondary N) is 1. The first-order valence-electron chi connectivity index (χ1n) is 14.0. The average Bonchev–Trinajstić information content (AvgIpc) is 2.94. The van der Waals surface area contributed by atoms with Crippen molar-refractivity contribution < 1.29 is 33.5 Å². The zero-order valence-corrected chi connectivity index (χ0v) is 23.8. The Kier molecular flexibility index (Phi) is 14.8. The number of allylic oxidation sites excluding steroid dienone is 2. The number of rotatable bonds is 17. The van der Waals surface area contributed by atoms with E-state index in [1.807, 2.05) is 6.07 Å². The molecule has 0 saturated heterocycles. The van der Waals surface area contributed by atoms with Gasteiger partial charge in [-0.15, -0.1) is 0 Å². The molecule has 0 radical (unpaired) electrons. The summed E-state index contributed by atoms with van der Waals surface area (Å²) in [4.78, 5) is 35.9. The third-order valence-electron chi connectivity index (χ3n) is 6.44. The SMILES string of the molecule is CC1=C(OC(=O)OCCC#N)C(c2cccc([N+](=O)[O-])c2)C(OC(=O)OCCCCCCCCCCCN)=C(C)N1. The lowest BCUT2D eigenvalue weighted by Crippen LogP contribution is -2.29. The Hall–Kier alpha value is -4.11. The van der Waals surface area contributed by atoms with E-state index in [-0.39, 0.29) is 36.8 Å². The van der Waals surface area contributed by atoms with Crippen LogP contribution >= 0.6 is 0 Å². The molecular weight excluding hydrogens is 532 g/mol. The van der Waals surface area contributed by atoms with Crippen LogP contribution < -0.4 is 11.1 Å². The number of carbonyl (C=O) groups is 2. The van der Waals surface area contributed by atoms with E-state index in [0.29, 0.717) is 23.4 Å². The molecule has 41 heavy (non-hydrogen) atoms. The number of nitrogens with two attached hydrogens (primary N) is 1. The number of hydrogen-bond acceptors (Lipinski definition) is 11. The summed E-state index contributed by atoms with van der Waals surface area (Å²) in [6, 6.07) is 7.58. The van der Waals surface area contributed by atoms with Crippen molar-refractivity contribution in [1.82, 2.24) is 5.32 Å². The molecule has 12 heteroatoms. The van der Waals surface area contributed by atoms with Crippen LogP contribution in [0.25, 0.3) is 0 Å². The lowest BCUT2D eigenvalue weighted by Gasteiger charge is -2.30. The number of nitrogens with zero attached hydrogens (tertiary/aromatic N) is 2. The molecule has 1 heterocycles. The molecular formula is C29H40N4O8. The van der Waals surface area contributed by atoms with Crippen LogP contribution in [0.3, 0.4) is 0 Å². The Labute approximate surface area is 240 Å². The molecule has 0 amide bonds. The van der Waals surface area contributed by atoms with Gasteiger partial charge in [-0.1, -0.05) is 57.1 Å². The normalized spacial score (nSPS) is 14.6. The molecule has 1 aliphatic rings. The number of unbranched alkanes of at least 4 members (excludes halogenated alkanes) is 8. The second-order valence-corrected chi connectivity index (χ2v) is 9.67. The number of carbonyl (C=O) groups excluding carboxylic acids is 2. The first-order valence-corrected chi connectivity index (χ1v) is 14.0. The van der Waals surface area contributed by atoms with Crippen molar-refractivity contribution in [2.75, 3.05) is 19.8 Å². The number of nitriles is 1. The number of hydrogen-bond donors (Lipinski definition) is 2. The monoisotopic (exact) mass is 572 g/mol. The van der Waals surface area contributed by atoms with E-state index in [1.165, 1.54) is 43.9 Å². The summed E-state index contributed by atoms with van der Waals surface area (Å²) in [7, 11) is 0. The molecule has 0 spiro atoms. The van der Waals surface area contributed by atoms with Crippen LogP contribution in [0.15, 0.2) is 47.2 Å². The van der Waals surface area contributed by atoms with E-state index < -0.39 is 23.2 Å². The Morgan fingerprint density at radius 1 is 0.927 bits per heavy atom. The van der Waals surface area contributed by atoms with Gasteiger partial charge in [0.05, 0.1) is 35.4 Å². The minimum absolute atomic E-state index is 0.0197. The number of nitro benzene ring substituents is 1. The highest BCUT2D eigenvalue weighted by Gasteiger charge is 2.36. The quantitative estimate of drug-likeness (QED) is 0.0909. The summed E-state index contributed by atoms with van der Waals surface area (Å²) in [5.74, 6) is -0.892. The number of nitro groups is 1. The van der Waals surface area contributed by atoms with Crippen LogP contribution in [0, 0.1) is 21.4 Å². The maximum absolute atomic E-state index is 12.7. The predicted octanol–water partition coefficient (Wildman–Crippen LogP) is 6.43. The zero-order chi connectivity index (χ0) is 30.0. The first kappa shape index (κ1) is 33.1. The van der Waals surface area contributed by atoms with E-state index in [2.05, 4.69) is 5.32 Å². The van der Waals surface area contributed by atoms with Crippen LogP contribution in [0.2, 0.25) is 0 Å². The van der Waals surface area contributed by atoms with E-state index in [0.717, 1.165) is 32.2 Å². The summed E-state index contributed by atoms with van der Waals surface area (Å²) >= 11 is 0. The molecule has 0 fully saturated rings. The molecule has 0 aliphatic carbocycles. The third kappa shape index (κ3) is 11.5. The Balaban J connectivity index is 2.04. The molecule has 1 aromatic rings. The van der Waals surface area contributed by atoms with Gasteiger partial charge in [0.2, 0.25) is 0 Å². The van der Waals surface area contributed by atoms with Gasteiger partial charge in [-0.2, -0.15) is 5.26 Å². The fourth-order valence-electron chi connectivity index (χ4n) is 4.41. The van der Waals surface area contributed by atoms with Gasteiger partial charge in [0.1, 0.15) is 24.0 Å². The van der Waals surface area contributed by atoms with Crippen molar-refractivity contribution in [3.63, 3.8) is 0 Å². The zero-order valence-electron chi connectivity index (χ0n) is 23.8. The fourth-order valence-corrected chi connectivity index (χ4v) is 4.41. The second-order valence-electron chi connectivity index (χ2n) is 9.67. The van der Waals surface area contributed by atoms with E-state index in [4.69, 9.17) is 29.9 Å². The largest absolute Gasteiger partial charge is 0.513 e. The smallest absolute Gasteiger partial charge is 0.434 e. The third-order valence-corrected chi connectivity index (χ3v) is 6.44. The molecule has 0 aromatic heterocycles. The highest BCUT2D eigenvalue weighted by molar-refractivity contribution is 5.65. The van der Waals surface area contributed by atoms with Gasteiger partial charge in [0, 0.05) is 12.1 Å². The van der Waals surface area contributed by atoms with Gasteiger partial charge in [0.25, 0.3) is 5.69 Å². The van der Waals surface area contributed by atoms with Gasteiger partial charge < -0.3 is 30.0 Å². The van der Waals surface area contributed by atoms with E-state index in [1.54, 1.807) is 19.9 Å². The van der Waals surface area contributed by atoms with Crippen molar-refractivity contribution >= 4 is 18.0 Å². The van der Waals surface area contributed by atoms with Gasteiger partial charge in [-0.25, -0.2) is 9.59 Å². The number of dihydropyridines is 1. The Morgan fingerprint density at radius 2 is 1.46 bits per heavy atom. The highest BCUT2D eigenvalue weighted by atomic mass is 16.7. The highest BCUT2D eigenvalue weighted by Crippen LogP contribution is 2.40. The summed E-state index contributed by atoms with van der Waals surface area (Å²) in [5, 5.41) is 23.1. The molecule has 1 atom stereocenters. The van der Waals surface area contributed by atoms with Gasteiger partial charge in [-0.05, 0) is 38.8 Å². The molecule has 0 saturated carbocycles. The molecule has 12 nitrogen and oxygen atoms in total. The van der Waals surface area contributed by atoms with Crippen molar-refractivity contribution in [3.05, 3.63) is 62.9 Å². The predicted molar refractivity (Wildman–Crippen MR) is 150 cm³/mol. The van der Waals surface area contributed by atoms with Crippen molar-refractivity contribution in [1.29, 1.82) is 5.26 Å². The van der Waals surface area contributed by atoms with Gasteiger partial charge >= 0.3 is 12.3 Å². The lowest BCUT2D eigenvalue weighted by molar-refractivity contribution is -0.384. The summed E-state index contributed by atoms with van der Waals surface area (Å²) < 4.78 is 21.3. The maximum Gasteiger partial charge on any atom is 0.513 e. The van der Waals surface area contributed by atoms with Crippen molar-refractivity contribution in [3.8, 4) is 6.07 Å². The van der Waals surface area contributed by atoms with Crippen LogP contribution in [-0.2, 0) is 18.9 Å². The summed E-state index contributed by atoms with van der Waals surface area (Å²) in [6.07, 6.45) is 7.60. The van der Waals surface area contributed by atoms with Crippen molar-refractivity contribution in [2.45, 2.75) is 84.0 Å². The number of ether oxygens (including phenoxy) is 4. The van der Waals surface area contributed by atoms with Crippen LogP contribution in [0.5, 0.6) is 0 Å².